The minimum atomic E-state index is -4.70. The van der Waals surface area contributed by atoms with Gasteiger partial charge in [-0.15, -0.1) is 0 Å². The summed E-state index contributed by atoms with van der Waals surface area (Å²) in [6, 6.07) is 20.8. The van der Waals surface area contributed by atoms with Crippen molar-refractivity contribution >= 4 is 45.2 Å². The fourth-order valence-electron chi connectivity index (χ4n) is 4.47. The highest BCUT2D eigenvalue weighted by molar-refractivity contribution is 7.92. The lowest BCUT2D eigenvalue weighted by Gasteiger charge is -2.22. The van der Waals surface area contributed by atoms with E-state index in [1.807, 2.05) is 0 Å². The van der Waals surface area contributed by atoms with Gasteiger partial charge in [0.2, 0.25) is 0 Å². The van der Waals surface area contributed by atoms with E-state index in [2.05, 4.69) is 0 Å². The Hall–Kier alpha value is -3.53. The number of hydrogen-bond acceptors (Lipinski definition) is 2. The number of hydrogen-bond donors (Lipinski definition) is 0. The predicted molar refractivity (Wildman–Crippen MR) is 158 cm³/mol. The van der Waals surface area contributed by atoms with Crippen molar-refractivity contribution in [2.24, 2.45) is 0 Å². The molecule has 0 spiro atoms. The van der Waals surface area contributed by atoms with E-state index in [9.17, 15) is 34.8 Å². The van der Waals surface area contributed by atoms with Crippen LogP contribution in [0.3, 0.4) is 0 Å². The molecular formula is C32H22Cl2F6O2S. The molecule has 4 aromatic carbocycles. The number of benzene rings is 4. The van der Waals surface area contributed by atoms with Crippen LogP contribution < -0.4 is 0 Å². The van der Waals surface area contributed by atoms with Crippen molar-refractivity contribution in [3.8, 4) is 0 Å². The van der Waals surface area contributed by atoms with Crippen LogP contribution in [0.5, 0.6) is 0 Å². The Morgan fingerprint density at radius 1 is 0.535 bits per heavy atom. The van der Waals surface area contributed by atoms with Gasteiger partial charge < -0.3 is 0 Å². The molecular weight excluding hydrogens is 633 g/mol. The molecule has 224 valence electrons. The third kappa shape index (κ3) is 7.90. The van der Waals surface area contributed by atoms with Crippen LogP contribution in [0.25, 0.3) is 12.2 Å². The second-order valence-corrected chi connectivity index (χ2v) is 12.5. The van der Waals surface area contributed by atoms with Crippen molar-refractivity contribution in [3.63, 3.8) is 0 Å². The van der Waals surface area contributed by atoms with E-state index < -0.39 is 43.8 Å². The van der Waals surface area contributed by atoms with Gasteiger partial charge in [-0.3, -0.25) is 0 Å². The highest BCUT2D eigenvalue weighted by Gasteiger charge is 2.36. The van der Waals surface area contributed by atoms with Crippen molar-refractivity contribution in [1.29, 1.82) is 0 Å². The molecule has 0 aliphatic rings. The molecule has 11 heteroatoms. The molecule has 0 saturated carbocycles. The second-order valence-electron chi connectivity index (χ2n) is 9.42. The SMILES string of the molecule is O=S(=O)(C(C=Cc1ccccc1C(F)(F)F)c1ccc(Cl)cc1)C(C=Cc1ccccc1C(F)(F)F)c1ccc(Cl)cc1. The first-order valence-corrected chi connectivity index (χ1v) is 15.0. The Kier molecular flexibility index (Phi) is 9.79. The smallest absolute Gasteiger partial charge is 0.227 e. The molecule has 2 atom stereocenters. The lowest BCUT2D eigenvalue weighted by Crippen LogP contribution is -2.19. The maximum atomic E-state index is 14.4. The number of alkyl halides is 6. The van der Waals surface area contributed by atoms with Crippen LogP contribution in [0.2, 0.25) is 10.0 Å². The second kappa shape index (κ2) is 13.0. The monoisotopic (exact) mass is 654 g/mol. The largest absolute Gasteiger partial charge is 0.416 e. The van der Waals surface area contributed by atoms with Crippen molar-refractivity contribution < 1.29 is 34.8 Å². The van der Waals surface area contributed by atoms with E-state index in [1.165, 1.54) is 84.9 Å². The minimum absolute atomic E-state index is 0.188. The molecule has 0 aliphatic heterocycles. The number of sulfone groups is 1. The molecule has 0 N–H and O–H groups in total. The van der Waals surface area contributed by atoms with Gasteiger partial charge in [0.05, 0.1) is 11.1 Å². The Morgan fingerprint density at radius 2 is 0.860 bits per heavy atom. The molecule has 2 unspecified atom stereocenters. The van der Waals surface area contributed by atoms with Gasteiger partial charge in [-0.1, -0.05) is 108 Å². The van der Waals surface area contributed by atoms with Gasteiger partial charge in [0, 0.05) is 10.0 Å². The van der Waals surface area contributed by atoms with E-state index in [0.29, 0.717) is 10.0 Å². The molecule has 0 amide bonds. The third-order valence-electron chi connectivity index (χ3n) is 6.54. The summed E-state index contributed by atoms with van der Waals surface area (Å²) in [5.41, 5.74) is -2.07. The van der Waals surface area contributed by atoms with E-state index in [1.54, 1.807) is 0 Å². The zero-order valence-electron chi connectivity index (χ0n) is 22.0. The summed E-state index contributed by atoms with van der Waals surface area (Å²) in [6.45, 7) is 0. The maximum Gasteiger partial charge on any atom is 0.416 e. The van der Waals surface area contributed by atoms with Crippen LogP contribution in [0.15, 0.2) is 109 Å². The standard InChI is InChI=1S/C32H22Cl2F6O2S/c33-25-15-9-23(10-16-25)29(19-13-21-5-1-3-7-27(21)31(35,36)37)43(41,42)30(24-11-17-26(34)18-12-24)20-14-22-6-2-4-8-28(22)32(38,39)40/h1-20,29-30H. The van der Waals surface area contributed by atoms with E-state index in [4.69, 9.17) is 23.2 Å². The molecule has 0 aromatic heterocycles. The van der Waals surface area contributed by atoms with Crippen LogP contribution in [0.1, 0.15) is 43.9 Å². The molecule has 0 bridgehead atoms. The van der Waals surface area contributed by atoms with Gasteiger partial charge in [-0.25, -0.2) is 8.42 Å². The minimum Gasteiger partial charge on any atom is -0.227 e. The normalized spacial score (nSPS) is 14.3. The molecule has 4 aromatic rings. The molecule has 0 aliphatic carbocycles. The molecule has 0 saturated heterocycles. The molecule has 0 heterocycles. The molecule has 2 nitrogen and oxygen atoms in total. The zero-order valence-corrected chi connectivity index (χ0v) is 24.3. The van der Waals surface area contributed by atoms with Gasteiger partial charge in [-0.2, -0.15) is 26.3 Å². The van der Waals surface area contributed by atoms with Gasteiger partial charge in [0.15, 0.2) is 9.84 Å². The summed E-state index contributed by atoms with van der Waals surface area (Å²) in [7, 11) is -4.45. The maximum absolute atomic E-state index is 14.4. The fourth-order valence-corrected chi connectivity index (χ4v) is 6.70. The fraction of sp³-hybridized carbons (Fsp3) is 0.125. The Balaban J connectivity index is 1.89. The number of halogens is 8. The van der Waals surface area contributed by atoms with Gasteiger partial charge in [0.1, 0.15) is 10.5 Å². The van der Waals surface area contributed by atoms with Crippen LogP contribution in [-0.4, -0.2) is 8.42 Å². The first-order chi connectivity index (χ1) is 20.2. The zero-order chi connectivity index (χ0) is 31.4. The third-order valence-corrected chi connectivity index (χ3v) is 9.32. The lowest BCUT2D eigenvalue weighted by atomic mass is 10.0. The van der Waals surface area contributed by atoms with Crippen molar-refractivity contribution in [2.45, 2.75) is 22.9 Å². The van der Waals surface area contributed by atoms with Crippen LogP contribution >= 0.6 is 23.2 Å². The Bertz CT molecular complexity index is 1600. The van der Waals surface area contributed by atoms with Crippen LogP contribution in [0, 0.1) is 0 Å². The van der Waals surface area contributed by atoms with Crippen LogP contribution in [-0.2, 0) is 22.2 Å². The average molecular weight is 655 g/mol. The van der Waals surface area contributed by atoms with Gasteiger partial charge in [-0.05, 0) is 58.7 Å². The van der Waals surface area contributed by atoms with E-state index in [0.717, 1.165) is 36.4 Å². The van der Waals surface area contributed by atoms with E-state index >= 15 is 0 Å². The summed E-state index contributed by atoms with van der Waals surface area (Å²) < 4.78 is 111. The summed E-state index contributed by atoms with van der Waals surface area (Å²) in [5, 5.41) is -2.45. The summed E-state index contributed by atoms with van der Waals surface area (Å²) in [5.74, 6) is 0. The summed E-state index contributed by atoms with van der Waals surface area (Å²) >= 11 is 12.0. The van der Waals surface area contributed by atoms with Crippen LogP contribution in [0.4, 0.5) is 26.3 Å². The molecule has 0 radical (unpaired) electrons. The Morgan fingerprint density at radius 3 is 1.19 bits per heavy atom. The first-order valence-electron chi connectivity index (χ1n) is 12.6. The quantitative estimate of drug-likeness (QED) is 0.177. The van der Waals surface area contributed by atoms with Gasteiger partial charge >= 0.3 is 12.4 Å². The topological polar surface area (TPSA) is 34.1 Å². The summed E-state index contributed by atoms with van der Waals surface area (Å²) in [4.78, 5) is 0. The first kappa shape index (κ1) is 32.4. The molecule has 0 fully saturated rings. The van der Waals surface area contributed by atoms with Gasteiger partial charge in [0.25, 0.3) is 0 Å². The molecule has 4 rings (SSSR count). The highest BCUT2D eigenvalue weighted by atomic mass is 35.5. The summed E-state index contributed by atoms with van der Waals surface area (Å²) in [6.07, 6.45) is -5.00. The lowest BCUT2D eigenvalue weighted by molar-refractivity contribution is -0.138. The van der Waals surface area contributed by atoms with Crippen molar-refractivity contribution in [3.05, 3.63) is 153 Å². The number of rotatable bonds is 8. The van der Waals surface area contributed by atoms with Crippen molar-refractivity contribution in [2.75, 3.05) is 0 Å². The average Bonchev–Trinajstić information content (AvgIpc) is 2.94. The predicted octanol–water partition coefficient (Wildman–Crippen LogP) is 10.7. The Labute approximate surface area is 254 Å². The van der Waals surface area contributed by atoms with E-state index in [-0.39, 0.29) is 22.3 Å². The molecule has 43 heavy (non-hydrogen) atoms. The highest BCUT2D eigenvalue weighted by Crippen LogP contribution is 2.40. The van der Waals surface area contributed by atoms with Crippen molar-refractivity contribution in [1.82, 2.24) is 0 Å².